The van der Waals surface area contributed by atoms with Crippen molar-refractivity contribution in [1.29, 1.82) is 10.5 Å². The fraction of sp³-hybridized carbons (Fsp3) is 0.0769. The van der Waals surface area contributed by atoms with Gasteiger partial charge >= 0.3 is 7.60 Å². The second-order valence-electron chi connectivity index (χ2n) is 3.94. The Bertz CT molecular complexity index is 696. The standard InChI is InChI=1S/C13H9N4O3P/c1-21(18,19-12-4-2-10(6-14)16-8-12)20-13-5-3-11(7-15)17-9-13/h2-5,8-9H,1H3. The minimum absolute atomic E-state index is 0.224. The summed E-state index contributed by atoms with van der Waals surface area (Å²) in [4.78, 5) is 7.60. The van der Waals surface area contributed by atoms with Gasteiger partial charge in [-0.15, -0.1) is 0 Å². The lowest BCUT2D eigenvalue weighted by Gasteiger charge is -2.15. The van der Waals surface area contributed by atoms with Crippen LogP contribution in [0.2, 0.25) is 0 Å². The molecule has 0 aliphatic heterocycles. The zero-order chi connectivity index (χ0) is 15.3. The Hall–Kier alpha value is -2.89. The molecule has 104 valence electrons. The highest BCUT2D eigenvalue weighted by atomic mass is 31.2. The van der Waals surface area contributed by atoms with Crippen molar-refractivity contribution in [3.05, 3.63) is 48.0 Å². The Kier molecular flexibility index (Phi) is 4.18. The normalized spacial score (nSPS) is 10.2. The second-order valence-corrected chi connectivity index (χ2v) is 5.84. The van der Waals surface area contributed by atoms with Gasteiger partial charge in [-0.3, -0.25) is 0 Å². The highest BCUT2D eigenvalue weighted by Crippen LogP contribution is 2.44. The van der Waals surface area contributed by atoms with E-state index in [1.807, 2.05) is 12.1 Å². The van der Waals surface area contributed by atoms with Gasteiger partial charge in [-0.05, 0) is 24.3 Å². The largest absolute Gasteiger partial charge is 0.427 e. The Morgan fingerprint density at radius 3 is 1.67 bits per heavy atom. The van der Waals surface area contributed by atoms with Gasteiger partial charge in [0.15, 0.2) is 0 Å². The van der Waals surface area contributed by atoms with E-state index in [4.69, 9.17) is 19.6 Å². The number of nitriles is 2. The van der Waals surface area contributed by atoms with Crippen LogP contribution < -0.4 is 9.05 Å². The molecule has 2 aromatic rings. The van der Waals surface area contributed by atoms with E-state index in [1.165, 1.54) is 43.3 Å². The number of aromatic nitrogens is 2. The molecule has 0 saturated heterocycles. The van der Waals surface area contributed by atoms with Gasteiger partial charge in [-0.25, -0.2) is 14.5 Å². The van der Waals surface area contributed by atoms with E-state index in [9.17, 15) is 4.57 Å². The molecule has 21 heavy (non-hydrogen) atoms. The minimum Gasteiger partial charge on any atom is -0.415 e. The van der Waals surface area contributed by atoms with Gasteiger partial charge in [0, 0.05) is 0 Å². The maximum atomic E-state index is 12.2. The van der Waals surface area contributed by atoms with Gasteiger partial charge < -0.3 is 9.05 Å². The van der Waals surface area contributed by atoms with Crippen molar-refractivity contribution in [1.82, 2.24) is 9.97 Å². The van der Waals surface area contributed by atoms with Crippen molar-refractivity contribution in [3.63, 3.8) is 0 Å². The lowest BCUT2D eigenvalue weighted by atomic mass is 10.4. The van der Waals surface area contributed by atoms with Gasteiger partial charge in [0.25, 0.3) is 0 Å². The van der Waals surface area contributed by atoms with Crippen molar-refractivity contribution in [2.45, 2.75) is 0 Å². The molecule has 0 amide bonds. The van der Waals surface area contributed by atoms with Crippen LogP contribution in [-0.2, 0) is 4.57 Å². The van der Waals surface area contributed by atoms with E-state index in [2.05, 4.69) is 9.97 Å². The summed E-state index contributed by atoms with van der Waals surface area (Å²) in [5.41, 5.74) is 0.455. The van der Waals surface area contributed by atoms with Gasteiger partial charge in [-0.1, -0.05) is 0 Å². The van der Waals surface area contributed by atoms with Crippen LogP contribution in [0.25, 0.3) is 0 Å². The third kappa shape index (κ3) is 4.04. The lowest BCUT2D eigenvalue weighted by molar-refractivity contribution is 0.392. The summed E-state index contributed by atoms with van der Waals surface area (Å²) >= 11 is 0. The molecule has 7 nitrogen and oxygen atoms in total. The number of nitrogens with zero attached hydrogens (tertiary/aromatic N) is 4. The molecule has 0 fully saturated rings. The first-order valence-corrected chi connectivity index (χ1v) is 7.70. The molecule has 2 heterocycles. The first kappa shape index (κ1) is 14.5. The number of hydrogen-bond donors (Lipinski definition) is 0. The molecule has 2 aromatic heterocycles. The van der Waals surface area contributed by atoms with Crippen molar-refractivity contribution in [2.24, 2.45) is 0 Å². The maximum Gasteiger partial charge on any atom is 0.427 e. The Balaban J connectivity index is 2.08. The predicted octanol–water partition coefficient (Wildman–Crippen LogP) is 2.50. The number of hydrogen-bond acceptors (Lipinski definition) is 7. The van der Waals surface area contributed by atoms with E-state index in [1.54, 1.807) is 0 Å². The lowest BCUT2D eigenvalue weighted by Crippen LogP contribution is -2.00. The smallest absolute Gasteiger partial charge is 0.415 e. The third-order valence-electron chi connectivity index (χ3n) is 2.24. The molecular formula is C13H9N4O3P. The highest BCUT2D eigenvalue weighted by molar-refractivity contribution is 7.53. The van der Waals surface area contributed by atoms with E-state index >= 15 is 0 Å². The minimum atomic E-state index is -3.43. The molecule has 8 heteroatoms. The first-order chi connectivity index (χ1) is 10.0. The molecule has 0 radical (unpaired) electrons. The van der Waals surface area contributed by atoms with E-state index in [0.29, 0.717) is 0 Å². The SMILES string of the molecule is CP(=O)(Oc1ccc(C#N)nc1)Oc1ccc(C#N)nc1. The Labute approximate surface area is 120 Å². The number of pyridine rings is 2. The second kappa shape index (κ2) is 6.04. The van der Waals surface area contributed by atoms with Gasteiger partial charge in [0.1, 0.15) is 35.0 Å². The molecule has 0 N–H and O–H groups in total. The number of rotatable bonds is 4. The molecule has 0 spiro atoms. The summed E-state index contributed by atoms with van der Waals surface area (Å²) in [6, 6.07) is 9.57. The topological polar surface area (TPSA) is 109 Å². The molecule has 2 rings (SSSR count). The molecule has 0 aromatic carbocycles. The molecule has 0 bridgehead atoms. The van der Waals surface area contributed by atoms with Crippen molar-refractivity contribution in [2.75, 3.05) is 6.66 Å². The van der Waals surface area contributed by atoms with Crippen LogP contribution in [0.3, 0.4) is 0 Å². The molecule has 0 atom stereocenters. The van der Waals surface area contributed by atoms with Crippen LogP contribution in [0.5, 0.6) is 11.5 Å². The Morgan fingerprint density at radius 1 is 0.952 bits per heavy atom. The highest BCUT2D eigenvalue weighted by Gasteiger charge is 2.21. The maximum absolute atomic E-state index is 12.2. The van der Waals surface area contributed by atoms with Crippen LogP contribution in [0, 0.1) is 22.7 Å². The van der Waals surface area contributed by atoms with Gasteiger partial charge in [-0.2, -0.15) is 10.5 Å². The van der Waals surface area contributed by atoms with Crippen LogP contribution >= 0.6 is 7.60 Å². The summed E-state index contributed by atoms with van der Waals surface area (Å²) in [5, 5.41) is 17.3. The van der Waals surface area contributed by atoms with Crippen LogP contribution in [0.4, 0.5) is 0 Å². The monoisotopic (exact) mass is 300 g/mol. The molecule has 0 saturated carbocycles. The Morgan fingerprint density at radius 2 is 1.38 bits per heavy atom. The van der Waals surface area contributed by atoms with Crippen LogP contribution in [0.1, 0.15) is 11.4 Å². The van der Waals surface area contributed by atoms with Gasteiger partial charge in [0.2, 0.25) is 0 Å². The fourth-order valence-corrected chi connectivity index (χ4v) is 2.42. The summed E-state index contributed by atoms with van der Waals surface area (Å²) < 4.78 is 22.7. The summed E-state index contributed by atoms with van der Waals surface area (Å²) in [6.07, 6.45) is 2.57. The summed E-state index contributed by atoms with van der Waals surface area (Å²) in [5.74, 6) is 0.447. The molecule has 0 aliphatic rings. The van der Waals surface area contributed by atoms with Crippen molar-refractivity contribution < 1.29 is 13.6 Å². The molecular weight excluding hydrogens is 291 g/mol. The van der Waals surface area contributed by atoms with Crippen LogP contribution in [-0.4, -0.2) is 16.6 Å². The summed E-state index contributed by atoms with van der Waals surface area (Å²) in [7, 11) is -3.43. The average molecular weight is 300 g/mol. The zero-order valence-electron chi connectivity index (χ0n) is 10.9. The fourth-order valence-electron chi connectivity index (χ4n) is 1.40. The van der Waals surface area contributed by atoms with E-state index in [-0.39, 0.29) is 22.9 Å². The predicted molar refractivity (Wildman–Crippen MR) is 72.7 cm³/mol. The first-order valence-electron chi connectivity index (χ1n) is 5.71. The molecule has 0 unspecified atom stereocenters. The van der Waals surface area contributed by atoms with E-state index < -0.39 is 7.60 Å². The zero-order valence-corrected chi connectivity index (χ0v) is 11.8. The quantitative estimate of drug-likeness (QED) is 0.798. The third-order valence-corrected chi connectivity index (χ3v) is 3.33. The van der Waals surface area contributed by atoms with Crippen LogP contribution in [0.15, 0.2) is 36.7 Å². The van der Waals surface area contributed by atoms with Crippen molar-refractivity contribution in [3.8, 4) is 23.6 Å². The van der Waals surface area contributed by atoms with Gasteiger partial charge in [0.05, 0.1) is 19.1 Å². The van der Waals surface area contributed by atoms with Crippen molar-refractivity contribution >= 4 is 7.60 Å². The average Bonchev–Trinajstić information content (AvgIpc) is 2.48. The van der Waals surface area contributed by atoms with E-state index in [0.717, 1.165) is 0 Å². The summed E-state index contributed by atoms with van der Waals surface area (Å²) in [6.45, 7) is 1.30. The molecule has 0 aliphatic carbocycles.